The highest BCUT2D eigenvalue weighted by atomic mass is 16.3. The van der Waals surface area contributed by atoms with Crippen molar-refractivity contribution in [1.29, 1.82) is 0 Å². The maximum Gasteiger partial charge on any atom is 0.293 e. The molecule has 4 aromatic rings. The van der Waals surface area contributed by atoms with Gasteiger partial charge in [0.2, 0.25) is 5.82 Å². The zero-order valence-electron chi connectivity index (χ0n) is 18.9. The molecule has 5 rings (SSSR count). The predicted octanol–water partition coefficient (Wildman–Crippen LogP) is 5.93. The van der Waals surface area contributed by atoms with E-state index >= 15 is 0 Å². The molecule has 0 radical (unpaired) electrons. The quantitative estimate of drug-likeness (QED) is 0.438. The number of nitrogens with zero attached hydrogens (tertiary/aromatic N) is 3. The second-order valence-corrected chi connectivity index (χ2v) is 8.78. The monoisotopic (exact) mass is 428 g/mol. The van der Waals surface area contributed by atoms with Gasteiger partial charge in [0.1, 0.15) is 11.1 Å². The van der Waals surface area contributed by atoms with Crippen LogP contribution in [0.25, 0.3) is 22.1 Å². The van der Waals surface area contributed by atoms with Gasteiger partial charge in [0.05, 0.1) is 0 Å². The zero-order chi connectivity index (χ0) is 22.2. The van der Waals surface area contributed by atoms with Gasteiger partial charge in [-0.05, 0) is 56.9 Å². The molecule has 6 nitrogen and oxygen atoms in total. The lowest BCUT2D eigenvalue weighted by atomic mass is 10.1. The van der Waals surface area contributed by atoms with Crippen LogP contribution in [0.1, 0.15) is 53.0 Å². The van der Waals surface area contributed by atoms with Crippen molar-refractivity contribution in [2.75, 3.05) is 23.3 Å². The van der Waals surface area contributed by atoms with Crippen molar-refractivity contribution in [3.63, 3.8) is 0 Å². The van der Waals surface area contributed by atoms with Crippen molar-refractivity contribution in [2.45, 2.75) is 46.5 Å². The van der Waals surface area contributed by atoms with Crippen molar-refractivity contribution < 1.29 is 9.21 Å². The fraction of sp³-hybridized carbons (Fsp3) is 0.346. The molecule has 32 heavy (non-hydrogen) atoms. The van der Waals surface area contributed by atoms with Crippen molar-refractivity contribution in [1.82, 2.24) is 9.97 Å². The normalized spacial score (nSPS) is 14.7. The number of rotatable bonds is 3. The molecule has 0 saturated carbocycles. The van der Waals surface area contributed by atoms with E-state index in [2.05, 4.69) is 34.3 Å². The van der Waals surface area contributed by atoms with Crippen LogP contribution in [-0.2, 0) is 0 Å². The van der Waals surface area contributed by atoms with Crippen LogP contribution < -0.4 is 10.2 Å². The van der Waals surface area contributed by atoms with E-state index in [1.54, 1.807) is 0 Å². The number of aryl methyl sites for hydroxylation is 3. The number of hydrogen-bond acceptors (Lipinski definition) is 5. The molecule has 1 amide bonds. The van der Waals surface area contributed by atoms with Crippen molar-refractivity contribution in [3.05, 3.63) is 58.9 Å². The first-order chi connectivity index (χ1) is 15.5. The lowest BCUT2D eigenvalue weighted by molar-refractivity contribution is 0.101. The van der Waals surface area contributed by atoms with Crippen LogP contribution >= 0.6 is 0 Å². The number of aromatic nitrogens is 2. The summed E-state index contributed by atoms with van der Waals surface area (Å²) in [6.45, 7) is 7.87. The first kappa shape index (κ1) is 20.5. The largest absolute Gasteiger partial charge is 0.450 e. The average molecular weight is 429 g/mol. The van der Waals surface area contributed by atoms with Crippen LogP contribution in [-0.4, -0.2) is 29.0 Å². The highest BCUT2D eigenvalue weighted by Crippen LogP contribution is 2.34. The van der Waals surface area contributed by atoms with Gasteiger partial charge in [-0.15, -0.1) is 0 Å². The van der Waals surface area contributed by atoms with Crippen LogP contribution in [0.4, 0.5) is 11.5 Å². The average Bonchev–Trinajstić information content (AvgIpc) is 2.94. The van der Waals surface area contributed by atoms with E-state index in [1.165, 1.54) is 18.4 Å². The fourth-order valence-electron chi connectivity index (χ4n) is 4.72. The van der Waals surface area contributed by atoms with Crippen molar-refractivity contribution >= 4 is 39.5 Å². The smallest absolute Gasteiger partial charge is 0.293 e. The Bertz CT molecular complexity index is 1290. The second kappa shape index (κ2) is 8.26. The Morgan fingerprint density at radius 3 is 2.38 bits per heavy atom. The number of anilines is 2. The Balaban J connectivity index is 1.63. The summed E-state index contributed by atoms with van der Waals surface area (Å²) in [7, 11) is 0. The number of carbonyl (C=O) groups excluding carboxylic acids is 1. The molecule has 0 bridgehead atoms. The minimum Gasteiger partial charge on any atom is -0.450 e. The molecule has 0 unspecified atom stereocenters. The summed E-state index contributed by atoms with van der Waals surface area (Å²) in [5.74, 6) is 0.585. The standard InChI is InChI=1S/C26H28N4O2/c1-16-14-17(2)21(18(3)15-16)28-26(31)24-27-22-19-10-6-7-11-20(19)32-23(22)25(29-24)30-12-8-4-5-9-13-30/h6-7,10-11,14-15H,4-5,8-9,12-13H2,1-3H3,(H,28,31). The van der Waals surface area contributed by atoms with E-state index in [-0.39, 0.29) is 11.7 Å². The fourth-order valence-corrected chi connectivity index (χ4v) is 4.72. The third-order valence-corrected chi connectivity index (χ3v) is 6.23. The summed E-state index contributed by atoms with van der Waals surface area (Å²) in [6.07, 6.45) is 4.64. The molecule has 1 fully saturated rings. The van der Waals surface area contributed by atoms with E-state index in [0.717, 1.165) is 59.5 Å². The number of carbonyl (C=O) groups is 1. The second-order valence-electron chi connectivity index (χ2n) is 8.78. The molecule has 164 valence electrons. The molecule has 1 aliphatic heterocycles. The summed E-state index contributed by atoms with van der Waals surface area (Å²) >= 11 is 0. The molecule has 1 N–H and O–H groups in total. The Hall–Kier alpha value is -3.41. The maximum absolute atomic E-state index is 13.3. The summed E-state index contributed by atoms with van der Waals surface area (Å²) in [5.41, 5.74) is 6.15. The Morgan fingerprint density at radius 2 is 1.66 bits per heavy atom. The first-order valence-electron chi connectivity index (χ1n) is 11.3. The van der Waals surface area contributed by atoms with Gasteiger partial charge in [-0.25, -0.2) is 9.97 Å². The van der Waals surface area contributed by atoms with E-state index in [9.17, 15) is 4.79 Å². The molecule has 0 aliphatic carbocycles. The van der Waals surface area contributed by atoms with Crippen LogP contribution in [0.2, 0.25) is 0 Å². The number of amides is 1. The highest BCUT2D eigenvalue weighted by Gasteiger charge is 2.24. The summed E-state index contributed by atoms with van der Waals surface area (Å²) in [4.78, 5) is 25.0. The van der Waals surface area contributed by atoms with E-state index in [0.29, 0.717) is 11.1 Å². The number of fused-ring (bicyclic) bond motifs is 3. The minimum absolute atomic E-state index is 0.169. The first-order valence-corrected chi connectivity index (χ1v) is 11.3. The van der Waals surface area contributed by atoms with E-state index in [4.69, 9.17) is 9.40 Å². The van der Waals surface area contributed by atoms with Gasteiger partial charge in [-0.2, -0.15) is 0 Å². The van der Waals surface area contributed by atoms with E-state index in [1.807, 2.05) is 38.1 Å². The number of furan rings is 1. The molecule has 6 heteroatoms. The third kappa shape index (κ3) is 3.70. The number of para-hydroxylation sites is 1. The molecule has 0 atom stereocenters. The van der Waals surface area contributed by atoms with Gasteiger partial charge in [0.25, 0.3) is 5.91 Å². The van der Waals surface area contributed by atoms with Crippen molar-refractivity contribution in [2.24, 2.45) is 0 Å². The zero-order valence-corrected chi connectivity index (χ0v) is 18.9. The molecular weight excluding hydrogens is 400 g/mol. The topological polar surface area (TPSA) is 71.3 Å². The predicted molar refractivity (Wildman–Crippen MR) is 129 cm³/mol. The van der Waals surface area contributed by atoms with Crippen LogP contribution in [0.3, 0.4) is 0 Å². The van der Waals surface area contributed by atoms with Crippen LogP contribution in [0, 0.1) is 20.8 Å². The van der Waals surface area contributed by atoms with Crippen LogP contribution in [0.15, 0.2) is 40.8 Å². The summed E-state index contributed by atoms with van der Waals surface area (Å²) < 4.78 is 6.18. The lowest BCUT2D eigenvalue weighted by Crippen LogP contribution is -2.27. The molecule has 1 aliphatic rings. The van der Waals surface area contributed by atoms with Gasteiger partial charge in [0.15, 0.2) is 11.4 Å². The minimum atomic E-state index is -0.302. The Kier molecular flexibility index (Phi) is 5.29. The Morgan fingerprint density at radius 1 is 0.969 bits per heavy atom. The molecule has 0 spiro atoms. The highest BCUT2D eigenvalue weighted by molar-refractivity contribution is 6.09. The molecule has 2 aromatic heterocycles. The molecule has 3 heterocycles. The van der Waals surface area contributed by atoms with Crippen LogP contribution in [0.5, 0.6) is 0 Å². The van der Waals surface area contributed by atoms with E-state index < -0.39 is 0 Å². The summed E-state index contributed by atoms with van der Waals surface area (Å²) in [6, 6.07) is 12.0. The number of benzene rings is 2. The molecule has 1 saturated heterocycles. The number of nitrogens with one attached hydrogen (secondary N) is 1. The van der Waals surface area contributed by atoms with Crippen molar-refractivity contribution in [3.8, 4) is 0 Å². The number of hydrogen-bond donors (Lipinski definition) is 1. The molecular formula is C26H28N4O2. The van der Waals surface area contributed by atoms with Gasteiger partial charge in [-0.1, -0.05) is 42.7 Å². The Labute approximate surface area is 187 Å². The third-order valence-electron chi connectivity index (χ3n) is 6.23. The van der Waals surface area contributed by atoms with Gasteiger partial charge in [0, 0.05) is 24.2 Å². The van der Waals surface area contributed by atoms with Gasteiger partial charge < -0.3 is 14.6 Å². The molecule has 2 aromatic carbocycles. The van der Waals surface area contributed by atoms with Gasteiger partial charge >= 0.3 is 0 Å². The summed E-state index contributed by atoms with van der Waals surface area (Å²) in [5, 5.41) is 3.96. The maximum atomic E-state index is 13.3. The lowest BCUT2D eigenvalue weighted by Gasteiger charge is -2.21. The van der Waals surface area contributed by atoms with Gasteiger partial charge in [-0.3, -0.25) is 4.79 Å². The SMILES string of the molecule is Cc1cc(C)c(NC(=O)c2nc(N3CCCCCC3)c3oc4ccccc4c3n2)c(C)c1.